The van der Waals surface area contributed by atoms with E-state index in [0.717, 1.165) is 0 Å². The SMILES string of the molecule is C[C@@H](CO[Si](c1ccccc1)(c1ccccc1)C(C)(C)C)n1nc2ccccc2c1C(=O)O. The third-order valence-corrected chi connectivity index (χ3v) is 11.2. The van der Waals surface area contributed by atoms with Crippen molar-refractivity contribution in [2.24, 2.45) is 0 Å². The van der Waals surface area contributed by atoms with Gasteiger partial charge in [-0.3, -0.25) is 4.68 Å². The van der Waals surface area contributed by atoms with Crippen LogP contribution in [-0.4, -0.2) is 35.8 Å². The van der Waals surface area contributed by atoms with Gasteiger partial charge < -0.3 is 9.53 Å². The van der Waals surface area contributed by atoms with Crippen molar-refractivity contribution in [3.63, 3.8) is 0 Å². The Kier molecular flexibility index (Phi) is 6.23. The summed E-state index contributed by atoms with van der Waals surface area (Å²) in [4.78, 5) is 12.1. The molecule has 0 saturated heterocycles. The van der Waals surface area contributed by atoms with Crippen molar-refractivity contribution in [1.82, 2.24) is 9.78 Å². The Hall–Kier alpha value is -3.22. The molecule has 0 radical (unpaired) electrons. The zero-order valence-electron chi connectivity index (χ0n) is 19.5. The van der Waals surface area contributed by atoms with Crippen LogP contribution in [0.3, 0.4) is 0 Å². The Labute approximate surface area is 195 Å². The Morgan fingerprint density at radius 1 is 0.939 bits per heavy atom. The molecular weight excluding hydrogens is 428 g/mol. The average Bonchev–Trinajstić information content (AvgIpc) is 3.20. The molecule has 0 amide bonds. The molecule has 4 aromatic rings. The number of carbonyl (C=O) groups is 1. The lowest BCUT2D eigenvalue weighted by atomic mass is 10.2. The second kappa shape index (κ2) is 8.96. The maximum absolute atomic E-state index is 12.1. The average molecular weight is 459 g/mol. The zero-order chi connectivity index (χ0) is 23.6. The fraction of sp³-hybridized carbons (Fsp3) is 0.259. The van der Waals surface area contributed by atoms with E-state index in [1.807, 2.05) is 37.3 Å². The molecular formula is C27H30N2O3Si. The molecule has 170 valence electrons. The lowest BCUT2D eigenvalue weighted by Crippen LogP contribution is -2.66. The van der Waals surface area contributed by atoms with E-state index >= 15 is 0 Å². The monoisotopic (exact) mass is 458 g/mol. The molecule has 0 saturated carbocycles. The van der Waals surface area contributed by atoms with Gasteiger partial charge in [-0.05, 0) is 28.4 Å². The van der Waals surface area contributed by atoms with Gasteiger partial charge in [0.2, 0.25) is 0 Å². The van der Waals surface area contributed by atoms with Gasteiger partial charge in [0.15, 0.2) is 5.69 Å². The maximum Gasteiger partial charge on any atom is 0.354 e. The van der Waals surface area contributed by atoms with Crippen LogP contribution < -0.4 is 10.4 Å². The van der Waals surface area contributed by atoms with Gasteiger partial charge in [0, 0.05) is 5.39 Å². The van der Waals surface area contributed by atoms with Crippen LogP contribution in [0.2, 0.25) is 5.04 Å². The predicted molar refractivity (Wildman–Crippen MR) is 135 cm³/mol. The Morgan fingerprint density at radius 3 is 1.97 bits per heavy atom. The molecule has 0 aliphatic carbocycles. The quantitative estimate of drug-likeness (QED) is 0.401. The van der Waals surface area contributed by atoms with Crippen molar-refractivity contribution in [1.29, 1.82) is 0 Å². The Morgan fingerprint density at radius 2 is 1.45 bits per heavy atom. The molecule has 3 aromatic carbocycles. The number of carboxylic acids is 1. The smallest absolute Gasteiger partial charge is 0.354 e. The number of rotatable bonds is 7. The molecule has 0 aliphatic heterocycles. The minimum absolute atomic E-state index is 0.153. The first-order valence-corrected chi connectivity index (χ1v) is 13.1. The number of aromatic nitrogens is 2. The van der Waals surface area contributed by atoms with Crippen LogP contribution in [0.15, 0.2) is 84.9 Å². The van der Waals surface area contributed by atoms with E-state index < -0.39 is 14.3 Å². The molecule has 1 aromatic heterocycles. The van der Waals surface area contributed by atoms with Gasteiger partial charge in [0.05, 0.1) is 18.2 Å². The van der Waals surface area contributed by atoms with Crippen molar-refractivity contribution in [3.8, 4) is 0 Å². The maximum atomic E-state index is 12.1. The van der Waals surface area contributed by atoms with Gasteiger partial charge in [-0.1, -0.05) is 99.6 Å². The van der Waals surface area contributed by atoms with Gasteiger partial charge in [-0.15, -0.1) is 0 Å². The molecule has 0 spiro atoms. The summed E-state index contributed by atoms with van der Waals surface area (Å²) in [6.07, 6.45) is 0. The normalized spacial score (nSPS) is 13.2. The van der Waals surface area contributed by atoms with E-state index in [1.165, 1.54) is 10.4 Å². The van der Waals surface area contributed by atoms with Crippen LogP contribution in [-0.2, 0) is 4.43 Å². The van der Waals surface area contributed by atoms with E-state index in [-0.39, 0.29) is 16.8 Å². The van der Waals surface area contributed by atoms with Gasteiger partial charge >= 0.3 is 5.97 Å². The highest BCUT2D eigenvalue weighted by Crippen LogP contribution is 2.37. The van der Waals surface area contributed by atoms with Gasteiger partial charge in [-0.25, -0.2) is 4.79 Å². The first-order chi connectivity index (χ1) is 15.8. The Balaban J connectivity index is 1.78. The van der Waals surface area contributed by atoms with Crippen molar-refractivity contribution in [2.75, 3.05) is 6.61 Å². The summed E-state index contributed by atoms with van der Waals surface area (Å²) >= 11 is 0. The Bertz CT molecular complexity index is 1210. The lowest BCUT2D eigenvalue weighted by molar-refractivity contribution is 0.0680. The number of nitrogens with zero attached hydrogens (tertiary/aromatic N) is 2. The van der Waals surface area contributed by atoms with Crippen LogP contribution in [0.1, 0.15) is 44.2 Å². The number of carboxylic acid groups (broad SMARTS) is 1. The minimum atomic E-state index is -2.72. The molecule has 5 nitrogen and oxygen atoms in total. The molecule has 1 heterocycles. The minimum Gasteiger partial charge on any atom is -0.477 e. The van der Waals surface area contributed by atoms with E-state index in [9.17, 15) is 9.90 Å². The highest BCUT2D eigenvalue weighted by atomic mass is 28.4. The van der Waals surface area contributed by atoms with E-state index in [2.05, 4.69) is 74.4 Å². The topological polar surface area (TPSA) is 64.4 Å². The number of hydrogen-bond acceptors (Lipinski definition) is 3. The zero-order valence-corrected chi connectivity index (χ0v) is 20.5. The third kappa shape index (κ3) is 4.12. The highest BCUT2D eigenvalue weighted by Gasteiger charge is 2.50. The third-order valence-electron chi connectivity index (χ3n) is 6.18. The van der Waals surface area contributed by atoms with Gasteiger partial charge in [-0.2, -0.15) is 5.10 Å². The summed E-state index contributed by atoms with van der Waals surface area (Å²) in [5.74, 6) is -0.985. The second-order valence-corrected chi connectivity index (χ2v) is 13.7. The van der Waals surface area contributed by atoms with Crippen molar-refractivity contribution >= 4 is 35.6 Å². The summed E-state index contributed by atoms with van der Waals surface area (Å²) in [7, 11) is -2.72. The van der Waals surface area contributed by atoms with Gasteiger partial charge in [0.1, 0.15) is 0 Å². The van der Waals surface area contributed by atoms with E-state index in [0.29, 0.717) is 17.5 Å². The predicted octanol–water partition coefficient (Wildman–Crippen LogP) is 4.87. The lowest BCUT2D eigenvalue weighted by Gasteiger charge is -2.43. The van der Waals surface area contributed by atoms with E-state index in [4.69, 9.17) is 4.43 Å². The molecule has 0 bridgehead atoms. The summed E-state index contributed by atoms with van der Waals surface area (Å²) in [6.45, 7) is 9.01. The number of aromatic carboxylic acids is 1. The van der Waals surface area contributed by atoms with Crippen LogP contribution in [0.5, 0.6) is 0 Å². The summed E-state index contributed by atoms with van der Waals surface area (Å²) in [5, 5.41) is 17.4. The standard InChI is InChI=1S/C27H30N2O3Si/c1-20(29-25(26(30)31)23-17-11-12-18-24(23)28-29)19-32-33(27(2,3)4,21-13-7-5-8-14-21)22-15-9-6-10-16-22/h5-18,20H,19H2,1-4H3,(H,30,31)/t20-/m0/s1. The summed E-state index contributed by atoms with van der Waals surface area (Å²) in [6, 6.07) is 28.0. The fourth-order valence-electron chi connectivity index (χ4n) is 4.66. The highest BCUT2D eigenvalue weighted by molar-refractivity contribution is 6.99. The molecule has 1 N–H and O–H groups in total. The molecule has 0 aliphatic rings. The number of fused-ring (bicyclic) bond motifs is 1. The first-order valence-electron chi connectivity index (χ1n) is 11.2. The number of benzene rings is 3. The van der Waals surface area contributed by atoms with Gasteiger partial charge in [0.25, 0.3) is 8.32 Å². The van der Waals surface area contributed by atoms with E-state index in [1.54, 1.807) is 10.7 Å². The second-order valence-electron chi connectivity index (χ2n) is 9.44. The summed E-state index contributed by atoms with van der Waals surface area (Å²) < 4.78 is 8.60. The van der Waals surface area contributed by atoms with Crippen LogP contribution >= 0.6 is 0 Å². The largest absolute Gasteiger partial charge is 0.477 e. The van der Waals surface area contributed by atoms with Crippen LogP contribution in [0.4, 0.5) is 0 Å². The van der Waals surface area contributed by atoms with Crippen molar-refractivity contribution in [3.05, 3.63) is 90.6 Å². The number of hydrogen-bond donors (Lipinski definition) is 1. The fourth-order valence-corrected chi connectivity index (χ4v) is 9.31. The molecule has 6 heteroatoms. The molecule has 4 rings (SSSR count). The molecule has 1 atom stereocenters. The van der Waals surface area contributed by atoms with Crippen molar-refractivity contribution in [2.45, 2.75) is 38.8 Å². The first kappa shape index (κ1) is 23.0. The summed E-state index contributed by atoms with van der Waals surface area (Å²) in [5.41, 5.74) is 0.872. The molecule has 0 fully saturated rings. The van der Waals surface area contributed by atoms with Crippen LogP contribution in [0.25, 0.3) is 10.9 Å². The van der Waals surface area contributed by atoms with Crippen molar-refractivity contribution < 1.29 is 14.3 Å². The molecule has 33 heavy (non-hydrogen) atoms. The molecule has 0 unspecified atom stereocenters. The van der Waals surface area contributed by atoms with Crippen LogP contribution in [0, 0.1) is 0 Å².